The Bertz CT molecular complexity index is 1300. The molecule has 11 heteroatoms. The Hall–Kier alpha value is -3.41. The lowest BCUT2D eigenvalue weighted by atomic mass is 10.1. The SMILES string of the molecule is O=C(CO)NCc1cc(F)ccc1Cn1c(=O)c2c(n1CCO)CCN(Cc1cc(F)cc(F)c1)C2. The van der Waals surface area contributed by atoms with Crippen molar-refractivity contribution in [2.75, 3.05) is 19.8 Å². The largest absolute Gasteiger partial charge is 0.394 e. The number of aliphatic hydroxyl groups excluding tert-OH is 2. The van der Waals surface area contributed by atoms with E-state index < -0.39 is 30.0 Å². The van der Waals surface area contributed by atoms with Crippen LogP contribution in [0, 0.1) is 17.5 Å². The summed E-state index contributed by atoms with van der Waals surface area (Å²) in [4.78, 5) is 26.9. The van der Waals surface area contributed by atoms with E-state index >= 15 is 0 Å². The zero-order valence-electron chi connectivity index (χ0n) is 19.5. The zero-order valence-corrected chi connectivity index (χ0v) is 19.5. The minimum absolute atomic E-state index is 0.0281. The summed E-state index contributed by atoms with van der Waals surface area (Å²) in [5.41, 5.74) is 2.54. The molecular weight excluding hydrogens is 477 g/mol. The van der Waals surface area contributed by atoms with Crippen LogP contribution in [0.5, 0.6) is 0 Å². The van der Waals surface area contributed by atoms with E-state index in [2.05, 4.69) is 5.32 Å². The molecule has 1 aromatic heterocycles. The monoisotopic (exact) mass is 504 g/mol. The number of nitrogens with one attached hydrogen (secondary N) is 1. The van der Waals surface area contributed by atoms with Crippen LogP contribution in [0.4, 0.5) is 13.2 Å². The molecule has 2 heterocycles. The molecule has 1 amide bonds. The van der Waals surface area contributed by atoms with E-state index in [1.54, 1.807) is 4.68 Å². The molecule has 0 atom stereocenters. The third kappa shape index (κ3) is 5.69. The van der Waals surface area contributed by atoms with Gasteiger partial charge in [0.05, 0.1) is 25.3 Å². The van der Waals surface area contributed by atoms with Gasteiger partial charge in [-0.15, -0.1) is 0 Å². The summed E-state index contributed by atoms with van der Waals surface area (Å²) in [5, 5.41) is 21.1. The highest BCUT2D eigenvalue weighted by molar-refractivity contribution is 5.76. The zero-order chi connectivity index (χ0) is 25.8. The maximum Gasteiger partial charge on any atom is 0.271 e. The van der Waals surface area contributed by atoms with Gasteiger partial charge < -0.3 is 15.5 Å². The van der Waals surface area contributed by atoms with Gasteiger partial charge in [0.25, 0.3) is 5.56 Å². The van der Waals surface area contributed by atoms with Crippen molar-refractivity contribution in [1.29, 1.82) is 0 Å². The third-order valence-electron chi connectivity index (χ3n) is 6.24. The molecule has 0 unspecified atom stereocenters. The van der Waals surface area contributed by atoms with Crippen LogP contribution in [0.15, 0.2) is 41.2 Å². The molecule has 0 radical (unpaired) electrons. The predicted octanol–water partition coefficient (Wildman–Crippen LogP) is 1.27. The van der Waals surface area contributed by atoms with Crippen LogP contribution in [0.1, 0.15) is 27.9 Å². The summed E-state index contributed by atoms with van der Waals surface area (Å²) in [7, 11) is 0. The van der Waals surface area contributed by atoms with Crippen LogP contribution in [-0.4, -0.2) is 50.1 Å². The van der Waals surface area contributed by atoms with Gasteiger partial charge in [0.15, 0.2) is 0 Å². The first-order chi connectivity index (χ1) is 17.3. The number of fused-ring (bicyclic) bond motifs is 1. The second kappa shape index (κ2) is 11.1. The van der Waals surface area contributed by atoms with E-state index in [4.69, 9.17) is 5.11 Å². The first kappa shape index (κ1) is 25.7. The number of amides is 1. The molecular formula is C25H27F3N4O4. The summed E-state index contributed by atoms with van der Waals surface area (Å²) in [6.45, 7) is 0.418. The molecule has 8 nitrogen and oxygen atoms in total. The van der Waals surface area contributed by atoms with E-state index in [1.807, 2.05) is 4.90 Å². The Balaban J connectivity index is 1.62. The number of halogens is 3. The average Bonchev–Trinajstić information content (AvgIpc) is 3.09. The lowest BCUT2D eigenvalue weighted by Crippen LogP contribution is -2.32. The molecule has 1 aliphatic rings. The fourth-order valence-corrected chi connectivity index (χ4v) is 4.62. The molecule has 4 rings (SSSR count). The van der Waals surface area contributed by atoms with Crippen molar-refractivity contribution < 1.29 is 28.2 Å². The summed E-state index contributed by atoms with van der Waals surface area (Å²) >= 11 is 0. The second-order valence-electron chi connectivity index (χ2n) is 8.72. The van der Waals surface area contributed by atoms with Gasteiger partial charge in [-0.3, -0.25) is 19.2 Å². The highest BCUT2D eigenvalue weighted by Crippen LogP contribution is 2.21. The van der Waals surface area contributed by atoms with Crippen molar-refractivity contribution in [1.82, 2.24) is 19.6 Å². The molecule has 3 aromatic rings. The number of aromatic nitrogens is 2. The van der Waals surface area contributed by atoms with Crippen LogP contribution >= 0.6 is 0 Å². The lowest BCUT2D eigenvalue weighted by molar-refractivity contribution is -0.123. The number of hydrogen-bond donors (Lipinski definition) is 3. The van der Waals surface area contributed by atoms with E-state index in [-0.39, 0.29) is 44.9 Å². The molecule has 3 N–H and O–H groups in total. The maximum atomic E-state index is 13.9. The number of rotatable bonds is 9. The molecule has 0 bridgehead atoms. The van der Waals surface area contributed by atoms with Gasteiger partial charge in [-0.25, -0.2) is 17.9 Å². The van der Waals surface area contributed by atoms with Crippen molar-refractivity contribution in [3.05, 3.63) is 92.2 Å². The third-order valence-corrected chi connectivity index (χ3v) is 6.24. The Kier molecular flexibility index (Phi) is 7.92. The van der Waals surface area contributed by atoms with Gasteiger partial charge in [-0.05, 0) is 41.0 Å². The fourth-order valence-electron chi connectivity index (χ4n) is 4.62. The molecule has 192 valence electrons. The Labute approximate surface area is 205 Å². The number of aliphatic hydroxyl groups is 2. The smallest absolute Gasteiger partial charge is 0.271 e. The van der Waals surface area contributed by atoms with Crippen molar-refractivity contribution in [2.24, 2.45) is 0 Å². The van der Waals surface area contributed by atoms with E-state index in [9.17, 15) is 27.9 Å². The number of carbonyl (C=O) groups excluding carboxylic acids is 1. The first-order valence-corrected chi connectivity index (χ1v) is 11.5. The van der Waals surface area contributed by atoms with Crippen LogP contribution in [0.2, 0.25) is 0 Å². The summed E-state index contributed by atoms with van der Waals surface area (Å²) in [6, 6.07) is 7.39. The van der Waals surface area contributed by atoms with Crippen LogP contribution in [-0.2, 0) is 43.9 Å². The Morgan fingerprint density at radius 1 is 0.944 bits per heavy atom. The summed E-state index contributed by atoms with van der Waals surface area (Å²) in [5.74, 6) is -2.44. The average molecular weight is 505 g/mol. The van der Waals surface area contributed by atoms with Gasteiger partial charge in [0.2, 0.25) is 5.91 Å². The highest BCUT2D eigenvalue weighted by atomic mass is 19.1. The minimum Gasteiger partial charge on any atom is -0.394 e. The quantitative estimate of drug-likeness (QED) is 0.408. The van der Waals surface area contributed by atoms with Gasteiger partial charge in [-0.1, -0.05) is 6.07 Å². The van der Waals surface area contributed by atoms with Crippen LogP contribution in [0.25, 0.3) is 0 Å². The van der Waals surface area contributed by atoms with Gasteiger partial charge in [0, 0.05) is 44.4 Å². The van der Waals surface area contributed by atoms with Gasteiger partial charge in [-0.2, -0.15) is 0 Å². The number of carbonyl (C=O) groups is 1. The minimum atomic E-state index is -0.699. The van der Waals surface area contributed by atoms with Crippen LogP contribution < -0.4 is 10.9 Å². The molecule has 0 spiro atoms. The van der Waals surface area contributed by atoms with E-state index in [0.29, 0.717) is 35.2 Å². The van der Waals surface area contributed by atoms with Crippen LogP contribution in [0.3, 0.4) is 0 Å². The van der Waals surface area contributed by atoms with Gasteiger partial charge in [0.1, 0.15) is 24.1 Å². The molecule has 0 saturated heterocycles. The van der Waals surface area contributed by atoms with Crippen molar-refractivity contribution >= 4 is 5.91 Å². The van der Waals surface area contributed by atoms with Crippen molar-refractivity contribution in [3.8, 4) is 0 Å². The number of benzene rings is 2. The molecule has 36 heavy (non-hydrogen) atoms. The summed E-state index contributed by atoms with van der Waals surface area (Å²) in [6.07, 6.45) is 0.498. The molecule has 0 fully saturated rings. The molecule has 0 aliphatic carbocycles. The summed E-state index contributed by atoms with van der Waals surface area (Å²) < 4.78 is 44.3. The van der Waals surface area contributed by atoms with E-state index in [0.717, 1.165) is 11.8 Å². The number of hydrogen-bond acceptors (Lipinski definition) is 5. The van der Waals surface area contributed by atoms with Crippen molar-refractivity contribution in [3.63, 3.8) is 0 Å². The second-order valence-corrected chi connectivity index (χ2v) is 8.72. The van der Waals surface area contributed by atoms with Crippen molar-refractivity contribution in [2.45, 2.75) is 39.1 Å². The molecule has 0 saturated carbocycles. The van der Waals surface area contributed by atoms with Gasteiger partial charge >= 0.3 is 0 Å². The normalized spacial score (nSPS) is 13.6. The predicted molar refractivity (Wildman–Crippen MR) is 124 cm³/mol. The lowest BCUT2D eigenvalue weighted by Gasteiger charge is -2.27. The maximum absolute atomic E-state index is 13.9. The Morgan fingerprint density at radius 3 is 2.39 bits per heavy atom. The Morgan fingerprint density at radius 2 is 1.69 bits per heavy atom. The topological polar surface area (TPSA) is 99.7 Å². The fraction of sp³-hybridized carbons (Fsp3) is 0.360. The molecule has 2 aromatic carbocycles. The number of nitrogens with zero attached hydrogens (tertiary/aromatic N) is 3. The molecule has 1 aliphatic heterocycles. The first-order valence-electron chi connectivity index (χ1n) is 11.5. The standard InChI is InChI=1S/C25H27F3N4O4/c26-19-2-1-17(18(9-19)11-29-24(35)15-34)13-32-25(36)22-14-30(4-3-23(22)31(32)5-6-33)12-16-7-20(27)10-21(28)8-16/h1-2,7-10,33-34H,3-6,11-15H2,(H,29,35). The van der Waals surface area contributed by atoms with E-state index in [1.165, 1.54) is 35.0 Å². The highest BCUT2D eigenvalue weighted by Gasteiger charge is 2.26.